The van der Waals surface area contributed by atoms with Gasteiger partial charge in [-0.15, -0.1) is 0 Å². The molecule has 0 aliphatic heterocycles. The Kier molecular flexibility index (Phi) is 3.88. The molecule has 0 radical (unpaired) electrons. The largest absolute Gasteiger partial charge is 0.309 e. The van der Waals surface area contributed by atoms with E-state index in [0.29, 0.717) is 35.0 Å². The van der Waals surface area contributed by atoms with Crippen molar-refractivity contribution in [3.63, 3.8) is 0 Å². The van der Waals surface area contributed by atoms with Crippen LogP contribution in [0.3, 0.4) is 0 Å². The molecule has 7 heteroatoms. The average molecular weight is 341 g/mol. The van der Waals surface area contributed by atoms with Crippen LogP contribution in [0.1, 0.15) is 37.2 Å². The topological polar surface area (TPSA) is 66.8 Å². The van der Waals surface area contributed by atoms with Crippen molar-refractivity contribution in [3.05, 3.63) is 58.0 Å². The molecule has 0 spiro atoms. The normalized spacial score (nSPS) is 15.8. The van der Waals surface area contributed by atoms with Gasteiger partial charge in [0.25, 0.3) is 5.56 Å². The Morgan fingerprint density at radius 3 is 2.88 bits per heavy atom. The number of rotatable bonds is 5. The lowest BCUT2D eigenvalue weighted by molar-refractivity contribution is 0.182. The zero-order chi connectivity index (χ0) is 17.6. The molecule has 1 aliphatic carbocycles. The van der Waals surface area contributed by atoms with E-state index in [1.165, 1.54) is 12.3 Å². The van der Waals surface area contributed by atoms with Crippen LogP contribution in [0.4, 0.5) is 4.39 Å². The molecule has 1 aromatic carbocycles. The number of aromatic nitrogens is 4. The lowest BCUT2D eigenvalue weighted by atomic mass is 10.1. The monoisotopic (exact) mass is 341 g/mol. The van der Waals surface area contributed by atoms with Gasteiger partial charge in [0.05, 0.1) is 12.7 Å². The molecule has 1 saturated carbocycles. The van der Waals surface area contributed by atoms with Crippen LogP contribution < -0.4 is 5.56 Å². The fourth-order valence-electron chi connectivity index (χ4n) is 3.31. The molecule has 1 fully saturated rings. The highest BCUT2D eigenvalue weighted by molar-refractivity contribution is 5.72. The molecule has 1 N–H and O–H groups in total. The molecule has 0 bridgehead atoms. The Labute approximate surface area is 144 Å². The third kappa shape index (κ3) is 2.95. The van der Waals surface area contributed by atoms with Gasteiger partial charge in [-0.2, -0.15) is 5.10 Å². The number of nitrogens with zero attached hydrogens (tertiary/aromatic N) is 4. The number of hydrogen-bond acceptors (Lipinski definition) is 4. The molecule has 2 heterocycles. The minimum atomic E-state index is -0.204. The first-order valence-electron chi connectivity index (χ1n) is 8.45. The first-order valence-corrected chi connectivity index (χ1v) is 8.45. The third-order valence-electron chi connectivity index (χ3n) is 4.85. The summed E-state index contributed by atoms with van der Waals surface area (Å²) in [7, 11) is 1.76. The van der Waals surface area contributed by atoms with E-state index in [1.54, 1.807) is 17.8 Å². The van der Waals surface area contributed by atoms with Crippen LogP contribution in [-0.4, -0.2) is 30.7 Å². The summed E-state index contributed by atoms with van der Waals surface area (Å²) >= 11 is 0. The molecule has 25 heavy (non-hydrogen) atoms. The van der Waals surface area contributed by atoms with Crippen LogP contribution in [0, 0.1) is 5.82 Å². The summed E-state index contributed by atoms with van der Waals surface area (Å²) in [6.45, 7) is 2.47. The van der Waals surface area contributed by atoms with Gasteiger partial charge in [0.2, 0.25) is 0 Å². The summed E-state index contributed by atoms with van der Waals surface area (Å²) in [5, 5.41) is 4.57. The number of halogens is 1. The van der Waals surface area contributed by atoms with Crippen molar-refractivity contribution in [2.75, 3.05) is 0 Å². The highest BCUT2D eigenvalue weighted by Gasteiger charge is 2.34. The zero-order valence-corrected chi connectivity index (χ0v) is 14.2. The van der Waals surface area contributed by atoms with E-state index in [9.17, 15) is 9.18 Å². The maximum atomic E-state index is 14.2. The van der Waals surface area contributed by atoms with Crippen molar-refractivity contribution >= 4 is 11.0 Å². The molecular weight excluding hydrogens is 321 g/mol. The van der Waals surface area contributed by atoms with E-state index in [-0.39, 0.29) is 17.4 Å². The van der Waals surface area contributed by atoms with Gasteiger partial charge in [-0.25, -0.2) is 9.37 Å². The number of nitrogens with one attached hydrogen (secondary N) is 1. The predicted molar refractivity (Wildman–Crippen MR) is 92.5 cm³/mol. The van der Waals surface area contributed by atoms with Gasteiger partial charge in [-0.05, 0) is 25.8 Å². The number of H-pyrrole nitrogens is 1. The second kappa shape index (κ2) is 6.07. The molecule has 3 aromatic rings. The molecule has 0 amide bonds. The first kappa shape index (κ1) is 16.0. The summed E-state index contributed by atoms with van der Waals surface area (Å²) in [5.41, 5.74) is 1.04. The lowest BCUT2D eigenvalue weighted by Crippen LogP contribution is -2.31. The minimum absolute atomic E-state index is 0.0961. The van der Waals surface area contributed by atoms with Gasteiger partial charge in [0.1, 0.15) is 17.0 Å². The van der Waals surface area contributed by atoms with Crippen LogP contribution in [0.25, 0.3) is 11.0 Å². The van der Waals surface area contributed by atoms with E-state index in [4.69, 9.17) is 0 Å². The quantitative estimate of drug-likeness (QED) is 0.774. The molecule has 1 aliphatic rings. The van der Waals surface area contributed by atoms with Crippen molar-refractivity contribution in [3.8, 4) is 0 Å². The Bertz CT molecular complexity index is 975. The summed E-state index contributed by atoms with van der Waals surface area (Å²) in [6, 6.07) is 7.14. The minimum Gasteiger partial charge on any atom is -0.309 e. The Morgan fingerprint density at radius 2 is 2.16 bits per heavy atom. The molecule has 4 rings (SSSR count). The van der Waals surface area contributed by atoms with Crippen LogP contribution in [-0.2, 0) is 13.6 Å². The van der Waals surface area contributed by atoms with Crippen molar-refractivity contribution in [2.24, 2.45) is 7.05 Å². The third-order valence-corrected chi connectivity index (χ3v) is 4.85. The highest BCUT2D eigenvalue weighted by atomic mass is 19.1. The molecule has 2 aromatic heterocycles. The number of benzene rings is 1. The van der Waals surface area contributed by atoms with E-state index in [0.717, 1.165) is 12.8 Å². The molecular formula is C18H20FN5O. The summed E-state index contributed by atoms with van der Waals surface area (Å²) in [6.07, 6.45) is 3.68. The Balaban J connectivity index is 1.68. The summed E-state index contributed by atoms with van der Waals surface area (Å²) in [5.74, 6) is 0.375. The second-order valence-electron chi connectivity index (χ2n) is 6.62. The van der Waals surface area contributed by atoms with Crippen molar-refractivity contribution in [1.82, 2.24) is 24.6 Å². The Hall–Kier alpha value is -2.54. The van der Waals surface area contributed by atoms with Gasteiger partial charge in [0, 0.05) is 24.7 Å². The van der Waals surface area contributed by atoms with E-state index in [1.807, 2.05) is 19.1 Å². The maximum absolute atomic E-state index is 14.2. The summed E-state index contributed by atoms with van der Waals surface area (Å²) in [4.78, 5) is 21.8. The van der Waals surface area contributed by atoms with Crippen LogP contribution in [0.2, 0.25) is 0 Å². The van der Waals surface area contributed by atoms with Gasteiger partial charge in [0.15, 0.2) is 5.65 Å². The zero-order valence-electron chi connectivity index (χ0n) is 14.2. The van der Waals surface area contributed by atoms with Crippen molar-refractivity contribution in [1.29, 1.82) is 0 Å². The van der Waals surface area contributed by atoms with E-state index < -0.39 is 0 Å². The van der Waals surface area contributed by atoms with Crippen molar-refractivity contribution < 1.29 is 4.39 Å². The van der Waals surface area contributed by atoms with Gasteiger partial charge >= 0.3 is 0 Å². The van der Waals surface area contributed by atoms with Crippen molar-refractivity contribution in [2.45, 2.75) is 38.4 Å². The molecule has 0 saturated heterocycles. The highest BCUT2D eigenvalue weighted by Crippen LogP contribution is 2.35. The molecule has 1 atom stereocenters. The number of hydrogen-bond donors (Lipinski definition) is 1. The van der Waals surface area contributed by atoms with Gasteiger partial charge in [-0.1, -0.05) is 18.2 Å². The fraction of sp³-hybridized carbons (Fsp3) is 0.389. The molecule has 6 nitrogen and oxygen atoms in total. The van der Waals surface area contributed by atoms with Crippen LogP contribution >= 0.6 is 0 Å². The SMILES string of the molecule is C[C@H](c1ccccc1F)N(Cc1nc2c(cnn2C)c(=O)[nH]1)C1CC1. The van der Waals surface area contributed by atoms with Gasteiger partial charge < -0.3 is 4.98 Å². The number of aryl methyl sites for hydroxylation is 1. The van der Waals surface area contributed by atoms with E-state index >= 15 is 0 Å². The lowest BCUT2D eigenvalue weighted by Gasteiger charge is -2.29. The predicted octanol–water partition coefficient (Wildman–Crippen LogP) is 2.52. The Morgan fingerprint density at radius 1 is 1.40 bits per heavy atom. The van der Waals surface area contributed by atoms with Crippen LogP contribution in [0.15, 0.2) is 35.3 Å². The molecule has 130 valence electrons. The fourth-order valence-corrected chi connectivity index (χ4v) is 3.31. The second-order valence-corrected chi connectivity index (χ2v) is 6.62. The van der Waals surface area contributed by atoms with Gasteiger partial charge in [-0.3, -0.25) is 14.4 Å². The van der Waals surface area contributed by atoms with E-state index in [2.05, 4.69) is 20.0 Å². The smallest absolute Gasteiger partial charge is 0.262 e. The number of aromatic amines is 1. The average Bonchev–Trinajstić information content (AvgIpc) is 3.36. The first-order chi connectivity index (χ1) is 12.0. The standard InChI is InChI=1S/C18H20FN5O/c1-11(13-5-3-4-6-15(13)19)24(12-7-8-12)10-16-21-17-14(18(25)22-16)9-20-23(17)2/h3-6,9,11-12H,7-8,10H2,1-2H3,(H,21,22,25)/t11-/m1/s1. The maximum Gasteiger partial charge on any atom is 0.262 e. The van der Waals surface area contributed by atoms with Crippen LogP contribution in [0.5, 0.6) is 0 Å². The number of fused-ring (bicyclic) bond motifs is 1. The molecule has 0 unspecified atom stereocenters. The summed E-state index contributed by atoms with van der Waals surface area (Å²) < 4.78 is 15.8.